The minimum atomic E-state index is -3.85. The van der Waals surface area contributed by atoms with Gasteiger partial charge in [0.2, 0.25) is 10.0 Å². The van der Waals surface area contributed by atoms with Crippen LogP contribution in [0.2, 0.25) is 0 Å². The van der Waals surface area contributed by atoms with Gasteiger partial charge in [-0.05, 0) is 44.1 Å². The second kappa shape index (κ2) is 6.51. The highest BCUT2D eigenvalue weighted by molar-refractivity contribution is 7.89. The van der Waals surface area contributed by atoms with E-state index in [1.54, 1.807) is 0 Å². The molecular formula is C13H20FN3O2S. The first-order valence-electron chi connectivity index (χ1n) is 6.76. The van der Waals surface area contributed by atoms with Crippen molar-refractivity contribution >= 4 is 15.7 Å². The molecule has 1 aliphatic rings. The van der Waals surface area contributed by atoms with Gasteiger partial charge in [-0.2, -0.15) is 0 Å². The van der Waals surface area contributed by atoms with E-state index in [0.717, 1.165) is 38.1 Å². The van der Waals surface area contributed by atoms with Crippen LogP contribution in [0.3, 0.4) is 0 Å². The minimum absolute atomic E-state index is 0.225. The number of nitrogens with two attached hydrogens (primary N) is 1. The van der Waals surface area contributed by atoms with Crippen LogP contribution in [0.5, 0.6) is 0 Å². The molecule has 1 saturated heterocycles. The first-order valence-corrected chi connectivity index (χ1v) is 8.24. The molecular weight excluding hydrogens is 281 g/mol. The van der Waals surface area contributed by atoms with Gasteiger partial charge in [0.25, 0.3) is 0 Å². The van der Waals surface area contributed by atoms with Crippen molar-refractivity contribution in [3.05, 3.63) is 24.0 Å². The fourth-order valence-electron chi connectivity index (χ4n) is 2.32. The Bertz CT molecular complexity index is 557. The zero-order chi connectivity index (χ0) is 14.6. The number of benzene rings is 1. The Morgan fingerprint density at radius 2 is 1.95 bits per heavy atom. The Morgan fingerprint density at radius 3 is 2.65 bits per heavy atom. The molecule has 0 radical (unpaired) electrons. The first kappa shape index (κ1) is 15.2. The zero-order valence-electron chi connectivity index (χ0n) is 11.3. The first-order chi connectivity index (χ1) is 9.49. The van der Waals surface area contributed by atoms with Crippen molar-refractivity contribution in [2.75, 3.05) is 31.9 Å². The van der Waals surface area contributed by atoms with Crippen molar-refractivity contribution in [2.45, 2.75) is 24.2 Å². The van der Waals surface area contributed by atoms with E-state index < -0.39 is 20.7 Å². The van der Waals surface area contributed by atoms with Crippen molar-refractivity contribution in [3.63, 3.8) is 0 Å². The van der Waals surface area contributed by atoms with E-state index in [2.05, 4.69) is 9.62 Å². The average molecular weight is 301 g/mol. The van der Waals surface area contributed by atoms with Gasteiger partial charge in [0, 0.05) is 18.8 Å². The molecule has 0 spiro atoms. The molecule has 1 aliphatic heterocycles. The number of likely N-dealkylation sites (tertiary alicyclic amines) is 1. The molecule has 0 saturated carbocycles. The Balaban J connectivity index is 1.95. The van der Waals surface area contributed by atoms with E-state index in [-0.39, 0.29) is 12.2 Å². The predicted molar refractivity (Wildman–Crippen MR) is 76.3 cm³/mol. The van der Waals surface area contributed by atoms with E-state index in [0.29, 0.717) is 6.54 Å². The Hall–Kier alpha value is -1.18. The van der Waals surface area contributed by atoms with Gasteiger partial charge in [-0.3, -0.25) is 0 Å². The van der Waals surface area contributed by atoms with Gasteiger partial charge in [0.1, 0.15) is 10.7 Å². The van der Waals surface area contributed by atoms with Crippen LogP contribution in [0.25, 0.3) is 0 Å². The summed E-state index contributed by atoms with van der Waals surface area (Å²) in [4.78, 5) is 1.82. The fourth-order valence-corrected chi connectivity index (χ4v) is 3.46. The summed E-state index contributed by atoms with van der Waals surface area (Å²) >= 11 is 0. The molecule has 1 aromatic rings. The number of halogens is 1. The predicted octanol–water partition coefficient (Wildman–Crippen LogP) is 1.17. The summed E-state index contributed by atoms with van der Waals surface area (Å²) in [7, 11) is -3.85. The van der Waals surface area contributed by atoms with Crippen LogP contribution in [0.1, 0.15) is 19.3 Å². The number of hydrogen-bond donors (Lipinski definition) is 2. The van der Waals surface area contributed by atoms with E-state index in [1.807, 2.05) is 0 Å². The maximum Gasteiger partial charge on any atom is 0.243 e. The molecule has 0 atom stereocenters. The van der Waals surface area contributed by atoms with Gasteiger partial charge in [-0.15, -0.1) is 0 Å². The number of nitrogen functional groups attached to an aromatic ring is 1. The van der Waals surface area contributed by atoms with Crippen LogP contribution in [0.15, 0.2) is 23.1 Å². The van der Waals surface area contributed by atoms with Crippen molar-refractivity contribution in [1.29, 1.82) is 0 Å². The third-order valence-electron chi connectivity index (χ3n) is 3.41. The summed E-state index contributed by atoms with van der Waals surface area (Å²) in [5.74, 6) is -0.787. The quantitative estimate of drug-likeness (QED) is 0.801. The van der Waals surface area contributed by atoms with Gasteiger partial charge < -0.3 is 10.6 Å². The van der Waals surface area contributed by atoms with E-state index >= 15 is 0 Å². The minimum Gasteiger partial charge on any atom is -0.399 e. The smallest absolute Gasteiger partial charge is 0.243 e. The number of piperidine rings is 1. The summed E-state index contributed by atoms with van der Waals surface area (Å²) < 4.78 is 40.0. The standard InChI is InChI=1S/C13H20FN3O2S/c14-12-5-4-11(15)10-13(12)20(18,19)16-6-9-17-7-2-1-3-8-17/h4-5,10,16H,1-3,6-9,15H2. The Labute approximate surface area is 119 Å². The van der Waals surface area contributed by atoms with Crippen LogP contribution in [-0.4, -0.2) is 39.5 Å². The van der Waals surface area contributed by atoms with Gasteiger partial charge in [-0.1, -0.05) is 6.42 Å². The van der Waals surface area contributed by atoms with Crippen LogP contribution < -0.4 is 10.5 Å². The van der Waals surface area contributed by atoms with Crippen LogP contribution in [0.4, 0.5) is 10.1 Å². The molecule has 20 heavy (non-hydrogen) atoms. The molecule has 7 heteroatoms. The van der Waals surface area contributed by atoms with Crippen LogP contribution in [0, 0.1) is 5.82 Å². The molecule has 112 valence electrons. The molecule has 2 rings (SSSR count). The van der Waals surface area contributed by atoms with Crippen LogP contribution in [-0.2, 0) is 10.0 Å². The molecule has 0 unspecified atom stereocenters. The van der Waals surface area contributed by atoms with Crippen molar-refractivity contribution in [1.82, 2.24) is 9.62 Å². The summed E-state index contributed by atoms with van der Waals surface area (Å²) in [5, 5.41) is 0. The Kier molecular flexibility index (Phi) is 4.95. The summed E-state index contributed by atoms with van der Waals surface area (Å²) in [6.45, 7) is 2.91. The number of nitrogens with one attached hydrogen (secondary N) is 1. The van der Waals surface area contributed by atoms with Crippen molar-refractivity contribution in [2.24, 2.45) is 0 Å². The fraction of sp³-hybridized carbons (Fsp3) is 0.538. The van der Waals surface area contributed by atoms with Gasteiger partial charge in [0.05, 0.1) is 0 Å². The summed E-state index contributed by atoms with van der Waals surface area (Å²) in [6, 6.07) is 3.54. The molecule has 0 aliphatic carbocycles. The molecule has 1 aromatic carbocycles. The van der Waals surface area contributed by atoms with Crippen molar-refractivity contribution < 1.29 is 12.8 Å². The lowest BCUT2D eigenvalue weighted by Crippen LogP contribution is -2.37. The van der Waals surface area contributed by atoms with Gasteiger partial charge in [0.15, 0.2) is 0 Å². The largest absolute Gasteiger partial charge is 0.399 e. The highest BCUT2D eigenvalue weighted by Crippen LogP contribution is 2.17. The molecule has 1 heterocycles. The third-order valence-corrected chi connectivity index (χ3v) is 4.89. The maximum atomic E-state index is 13.6. The SMILES string of the molecule is Nc1ccc(F)c(S(=O)(=O)NCCN2CCCCC2)c1. The van der Waals surface area contributed by atoms with E-state index in [9.17, 15) is 12.8 Å². The maximum absolute atomic E-state index is 13.6. The molecule has 0 bridgehead atoms. The Morgan fingerprint density at radius 1 is 1.25 bits per heavy atom. The third kappa shape index (κ3) is 3.91. The summed E-state index contributed by atoms with van der Waals surface area (Å²) in [6.07, 6.45) is 3.53. The highest BCUT2D eigenvalue weighted by atomic mass is 32.2. The number of sulfonamides is 1. The normalized spacial score (nSPS) is 17.2. The van der Waals surface area contributed by atoms with Gasteiger partial charge in [-0.25, -0.2) is 17.5 Å². The summed E-state index contributed by atoms with van der Waals surface area (Å²) in [5.41, 5.74) is 5.73. The van der Waals surface area contributed by atoms with Gasteiger partial charge >= 0.3 is 0 Å². The number of rotatable bonds is 5. The molecule has 0 amide bonds. The topological polar surface area (TPSA) is 75.4 Å². The van der Waals surface area contributed by atoms with Crippen molar-refractivity contribution in [3.8, 4) is 0 Å². The molecule has 0 aromatic heterocycles. The lowest BCUT2D eigenvalue weighted by Gasteiger charge is -2.26. The number of hydrogen-bond acceptors (Lipinski definition) is 4. The van der Waals surface area contributed by atoms with E-state index in [1.165, 1.54) is 12.5 Å². The second-order valence-corrected chi connectivity index (χ2v) is 6.73. The molecule has 3 N–H and O–H groups in total. The van der Waals surface area contributed by atoms with E-state index in [4.69, 9.17) is 5.73 Å². The monoisotopic (exact) mass is 301 g/mol. The number of anilines is 1. The number of nitrogens with zero attached hydrogens (tertiary/aromatic N) is 1. The lowest BCUT2D eigenvalue weighted by atomic mass is 10.1. The molecule has 1 fully saturated rings. The lowest BCUT2D eigenvalue weighted by molar-refractivity contribution is 0.232. The zero-order valence-corrected chi connectivity index (χ0v) is 12.1. The highest BCUT2D eigenvalue weighted by Gasteiger charge is 2.19. The van der Waals surface area contributed by atoms with Crippen LogP contribution >= 0.6 is 0 Å². The second-order valence-electron chi connectivity index (χ2n) is 4.99. The average Bonchev–Trinajstić information content (AvgIpc) is 2.42. The molecule has 5 nitrogen and oxygen atoms in total.